The van der Waals surface area contributed by atoms with Gasteiger partial charge in [0.15, 0.2) is 0 Å². The molecule has 0 amide bonds. The molecule has 1 aromatic rings. The van der Waals surface area contributed by atoms with E-state index in [0.29, 0.717) is 6.04 Å². The molecule has 0 saturated heterocycles. The summed E-state index contributed by atoms with van der Waals surface area (Å²) in [6.07, 6.45) is 7.03. The maximum absolute atomic E-state index is 13.0. The molecule has 0 spiro atoms. The van der Waals surface area contributed by atoms with Gasteiger partial charge in [-0.15, -0.1) is 0 Å². The van der Waals surface area contributed by atoms with Crippen LogP contribution in [0.1, 0.15) is 45.4 Å². The molecule has 0 heterocycles. The second-order valence-corrected chi connectivity index (χ2v) is 7.38. The zero-order valence-electron chi connectivity index (χ0n) is 13.1. The lowest BCUT2D eigenvalue weighted by Gasteiger charge is -2.25. The van der Waals surface area contributed by atoms with Gasteiger partial charge in [0.05, 0.1) is 23.2 Å². The average Bonchev–Trinajstić information content (AvgIpc) is 2.77. The van der Waals surface area contributed by atoms with Gasteiger partial charge in [-0.2, -0.15) is 0 Å². The molecule has 3 nitrogen and oxygen atoms in total. The van der Waals surface area contributed by atoms with E-state index in [9.17, 15) is 4.21 Å². The van der Waals surface area contributed by atoms with Gasteiger partial charge < -0.3 is 10.1 Å². The van der Waals surface area contributed by atoms with Crippen LogP contribution in [0, 0.1) is 0 Å². The molecule has 0 aliphatic heterocycles. The highest BCUT2D eigenvalue weighted by Crippen LogP contribution is 2.26. The van der Waals surface area contributed by atoms with Crippen LogP contribution >= 0.6 is 0 Å². The average molecular weight is 309 g/mol. The zero-order chi connectivity index (χ0) is 15.1. The lowest BCUT2D eigenvalue weighted by atomic mass is 10.1. The maximum atomic E-state index is 13.0. The van der Waals surface area contributed by atoms with Crippen molar-refractivity contribution in [2.75, 3.05) is 13.7 Å². The first-order valence-electron chi connectivity index (χ1n) is 8.04. The molecule has 3 unspecified atom stereocenters. The molecule has 0 radical (unpaired) electrons. The Hall–Kier alpha value is -0.870. The van der Waals surface area contributed by atoms with E-state index in [1.807, 2.05) is 24.3 Å². The minimum atomic E-state index is -0.943. The fourth-order valence-corrected chi connectivity index (χ4v) is 4.64. The Balaban J connectivity index is 2.11. The van der Waals surface area contributed by atoms with Gasteiger partial charge in [-0.05, 0) is 50.1 Å². The minimum Gasteiger partial charge on any atom is -0.497 e. The Morgan fingerprint density at radius 3 is 2.57 bits per heavy atom. The van der Waals surface area contributed by atoms with Crippen molar-refractivity contribution in [3.63, 3.8) is 0 Å². The van der Waals surface area contributed by atoms with E-state index in [1.165, 1.54) is 19.3 Å². The molecule has 1 aliphatic rings. The maximum Gasteiger partial charge on any atom is 0.118 e. The highest BCUT2D eigenvalue weighted by atomic mass is 32.2. The van der Waals surface area contributed by atoms with Gasteiger partial charge in [0.25, 0.3) is 0 Å². The number of rotatable bonds is 6. The summed E-state index contributed by atoms with van der Waals surface area (Å²) in [5, 5.41) is 3.85. The topological polar surface area (TPSA) is 38.3 Å². The zero-order valence-corrected chi connectivity index (χ0v) is 14.0. The van der Waals surface area contributed by atoms with E-state index >= 15 is 0 Å². The van der Waals surface area contributed by atoms with Gasteiger partial charge in [0.1, 0.15) is 5.75 Å². The number of methoxy groups -OCH3 is 1. The summed E-state index contributed by atoms with van der Waals surface area (Å²) >= 11 is 0. The molecule has 21 heavy (non-hydrogen) atoms. The second kappa shape index (κ2) is 8.54. The summed E-state index contributed by atoms with van der Waals surface area (Å²) < 4.78 is 18.1. The molecule has 0 bridgehead atoms. The summed E-state index contributed by atoms with van der Waals surface area (Å²) in [6, 6.07) is 8.07. The Morgan fingerprint density at radius 2 is 1.90 bits per heavy atom. The Bertz CT molecular complexity index is 447. The van der Waals surface area contributed by atoms with Crippen LogP contribution in [-0.4, -0.2) is 29.2 Å². The molecule has 1 aliphatic carbocycles. The predicted octanol–water partition coefficient (Wildman–Crippen LogP) is 3.50. The molecule has 118 valence electrons. The van der Waals surface area contributed by atoms with Crippen LogP contribution in [0.4, 0.5) is 0 Å². The third-order valence-electron chi connectivity index (χ3n) is 4.18. The van der Waals surface area contributed by atoms with Crippen molar-refractivity contribution in [3.8, 4) is 5.75 Å². The first-order valence-corrected chi connectivity index (χ1v) is 9.25. The minimum absolute atomic E-state index is 0.229. The molecule has 1 saturated carbocycles. The molecular formula is C17H27NO2S. The molecular weight excluding hydrogens is 282 g/mol. The fourth-order valence-electron chi connectivity index (χ4n) is 2.98. The molecule has 1 aromatic carbocycles. The van der Waals surface area contributed by atoms with Crippen molar-refractivity contribution >= 4 is 10.8 Å². The van der Waals surface area contributed by atoms with Gasteiger partial charge in [0, 0.05) is 10.9 Å². The van der Waals surface area contributed by atoms with Crippen molar-refractivity contribution < 1.29 is 8.95 Å². The Kier molecular flexibility index (Phi) is 6.71. The van der Waals surface area contributed by atoms with Crippen molar-refractivity contribution in [1.82, 2.24) is 5.32 Å². The van der Waals surface area contributed by atoms with E-state index < -0.39 is 10.8 Å². The van der Waals surface area contributed by atoms with Gasteiger partial charge in [-0.3, -0.25) is 4.21 Å². The Labute approximate surface area is 130 Å². The normalized spacial score (nSPS) is 24.3. The highest BCUT2D eigenvalue weighted by Gasteiger charge is 2.28. The number of benzene rings is 1. The SMILES string of the molecule is CCCNC1CCCCCC1S(=O)c1ccc(OC)cc1. The number of nitrogens with one attached hydrogen (secondary N) is 1. The van der Waals surface area contributed by atoms with Crippen molar-refractivity contribution in [2.24, 2.45) is 0 Å². The first kappa shape index (κ1) is 16.5. The van der Waals surface area contributed by atoms with Crippen LogP contribution in [0.25, 0.3) is 0 Å². The molecule has 1 N–H and O–H groups in total. The van der Waals surface area contributed by atoms with Crippen LogP contribution in [-0.2, 0) is 10.8 Å². The van der Waals surface area contributed by atoms with Gasteiger partial charge >= 0.3 is 0 Å². The standard InChI is InChI=1S/C17H27NO2S/c1-3-13-18-16-7-5-4-6-8-17(16)21(19)15-11-9-14(20-2)10-12-15/h9-12,16-18H,3-8,13H2,1-2H3. The van der Waals surface area contributed by atoms with Crippen LogP contribution in [0.2, 0.25) is 0 Å². The summed E-state index contributed by atoms with van der Waals surface area (Å²) in [6.45, 7) is 3.19. The van der Waals surface area contributed by atoms with Crippen LogP contribution in [0.3, 0.4) is 0 Å². The fraction of sp³-hybridized carbons (Fsp3) is 0.647. The monoisotopic (exact) mass is 309 g/mol. The third-order valence-corrected chi connectivity index (χ3v) is 6.03. The summed E-state index contributed by atoms with van der Waals surface area (Å²) in [7, 11) is 0.712. The van der Waals surface area contributed by atoms with E-state index in [2.05, 4.69) is 12.2 Å². The third kappa shape index (κ3) is 4.55. The van der Waals surface area contributed by atoms with Crippen molar-refractivity contribution in [1.29, 1.82) is 0 Å². The number of ether oxygens (including phenoxy) is 1. The Morgan fingerprint density at radius 1 is 1.19 bits per heavy atom. The number of hydrogen-bond donors (Lipinski definition) is 1. The van der Waals surface area contributed by atoms with Gasteiger partial charge in [-0.1, -0.05) is 26.2 Å². The van der Waals surface area contributed by atoms with Crippen molar-refractivity contribution in [3.05, 3.63) is 24.3 Å². The van der Waals surface area contributed by atoms with Crippen LogP contribution < -0.4 is 10.1 Å². The van der Waals surface area contributed by atoms with Crippen LogP contribution in [0.5, 0.6) is 5.75 Å². The lowest BCUT2D eigenvalue weighted by Crippen LogP contribution is -2.41. The van der Waals surface area contributed by atoms with E-state index in [0.717, 1.165) is 36.5 Å². The summed E-state index contributed by atoms with van der Waals surface area (Å²) in [5.41, 5.74) is 0. The molecule has 1 fully saturated rings. The van der Waals surface area contributed by atoms with E-state index in [1.54, 1.807) is 7.11 Å². The van der Waals surface area contributed by atoms with Crippen LogP contribution in [0.15, 0.2) is 29.2 Å². The largest absolute Gasteiger partial charge is 0.497 e. The second-order valence-electron chi connectivity index (χ2n) is 5.71. The number of hydrogen-bond acceptors (Lipinski definition) is 3. The van der Waals surface area contributed by atoms with E-state index in [-0.39, 0.29) is 5.25 Å². The smallest absolute Gasteiger partial charge is 0.118 e. The summed E-state index contributed by atoms with van der Waals surface area (Å²) in [4.78, 5) is 0.922. The predicted molar refractivity (Wildman–Crippen MR) is 88.4 cm³/mol. The van der Waals surface area contributed by atoms with Gasteiger partial charge in [-0.25, -0.2) is 0 Å². The molecule has 4 heteroatoms. The lowest BCUT2D eigenvalue weighted by molar-refractivity contribution is 0.414. The quantitative estimate of drug-likeness (QED) is 0.817. The molecule has 0 aromatic heterocycles. The molecule has 2 rings (SSSR count). The van der Waals surface area contributed by atoms with Crippen molar-refractivity contribution in [2.45, 2.75) is 61.6 Å². The van der Waals surface area contributed by atoms with E-state index in [4.69, 9.17) is 4.74 Å². The summed E-state index contributed by atoms with van der Waals surface area (Å²) in [5.74, 6) is 0.817. The first-order chi connectivity index (χ1) is 10.3. The molecule has 3 atom stereocenters. The van der Waals surface area contributed by atoms with Gasteiger partial charge in [0.2, 0.25) is 0 Å². The highest BCUT2D eigenvalue weighted by molar-refractivity contribution is 7.85.